The van der Waals surface area contributed by atoms with Gasteiger partial charge in [-0.1, -0.05) is 11.6 Å². The van der Waals surface area contributed by atoms with E-state index in [1.165, 1.54) is 52.5 Å². The lowest BCUT2D eigenvalue weighted by atomic mass is 10.2. The molecule has 2 rings (SSSR count). The monoisotopic (exact) mass is 450 g/mol. The maximum absolute atomic E-state index is 12.3. The Labute approximate surface area is 168 Å². The van der Waals surface area contributed by atoms with E-state index in [-0.39, 0.29) is 32.9 Å². The molecule has 154 valence electrons. The third kappa shape index (κ3) is 4.55. The number of hydrogen-bond donors (Lipinski definition) is 0. The molecule has 1 aromatic carbocycles. The molecule has 1 heterocycles. The minimum Gasteiger partial charge on any atom is -0.454 e. The molecule has 0 aliphatic carbocycles. The summed E-state index contributed by atoms with van der Waals surface area (Å²) < 4.78 is 60.6. The number of halogens is 1. The van der Waals surface area contributed by atoms with Gasteiger partial charge in [0.2, 0.25) is 15.1 Å². The van der Waals surface area contributed by atoms with Crippen LogP contribution in [-0.4, -0.2) is 59.6 Å². The van der Waals surface area contributed by atoms with Gasteiger partial charge in [-0.15, -0.1) is 0 Å². The van der Waals surface area contributed by atoms with Crippen molar-refractivity contribution < 1.29 is 30.8 Å². The maximum Gasteiger partial charge on any atom is 0.340 e. The minimum absolute atomic E-state index is 0.0121. The Kier molecular flexibility index (Phi) is 6.56. The van der Waals surface area contributed by atoms with Crippen molar-refractivity contribution in [3.8, 4) is 0 Å². The molecule has 0 atom stereocenters. The van der Waals surface area contributed by atoms with Crippen LogP contribution in [0.3, 0.4) is 0 Å². The lowest BCUT2D eigenvalue weighted by molar-refractivity contribution is 0.0440. The molecule has 0 amide bonds. The molecular weight excluding hydrogens is 432 g/mol. The number of sulfonamides is 2. The topological polar surface area (TPSA) is 114 Å². The Morgan fingerprint density at radius 1 is 1.00 bits per heavy atom. The van der Waals surface area contributed by atoms with Gasteiger partial charge in [0, 0.05) is 28.2 Å². The zero-order chi connectivity index (χ0) is 21.3. The van der Waals surface area contributed by atoms with Gasteiger partial charge in [0.1, 0.15) is 12.4 Å². The summed E-state index contributed by atoms with van der Waals surface area (Å²) in [6.45, 7) is -0.358. The van der Waals surface area contributed by atoms with Gasteiger partial charge in [0.25, 0.3) is 10.0 Å². The minimum atomic E-state index is -3.76. The van der Waals surface area contributed by atoms with Crippen LogP contribution in [0, 0.1) is 0 Å². The Morgan fingerprint density at radius 2 is 1.61 bits per heavy atom. The first-order chi connectivity index (χ1) is 12.9. The molecule has 9 nitrogen and oxygen atoms in total. The van der Waals surface area contributed by atoms with Crippen molar-refractivity contribution >= 4 is 37.6 Å². The summed E-state index contributed by atoms with van der Waals surface area (Å²) in [5, 5.41) is -0.279. The van der Waals surface area contributed by atoms with E-state index in [9.17, 15) is 21.6 Å². The van der Waals surface area contributed by atoms with E-state index in [2.05, 4.69) is 0 Å². The summed E-state index contributed by atoms with van der Waals surface area (Å²) in [6, 6.07) is 6.28. The molecule has 0 spiro atoms. The average Bonchev–Trinajstić information content (AvgIpc) is 3.09. The standard InChI is InChI=1S/C16H19ClN2O7S2/c1-18(2)27(21,22)12-6-7-14(17)13(9-12)16(20)25-10-11-5-8-15(26-11)28(23,24)19(3)4/h5-9H,10H2,1-4H3. The molecule has 1 aromatic heterocycles. The molecule has 0 fully saturated rings. The van der Waals surface area contributed by atoms with Gasteiger partial charge in [-0.25, -0.2) is 30.2 Å². The number of nitrogens with zero attached hydrogens (tertiary/aromatic N) is 2. The molecule has 0 aliphatic heterocycles. The van der Waals surface area contributed by atoms with E-state index in [0.717, 1.165) is 14.7 Å². The van der Waals surface area contributed by atoms with E-state index in [0.29, 0.717) is 0 Å². The first-order valence-corrected chi connectivity index (χ1v) is 11.0. The van der Waals surface area contributed by atoms with E-state index in [4.69, 9.17) is 20.8 Å². The van der Waals surface area contributed by atoms with Gasteiger partial charge in [-0.2, -0.15) is 0 Å². The molecule has 12 heteroatoms. The van der Waals surface area contributed by atoms with Gasteiger partial charge >= 0.3 is 5.97 Å². The van der Waals surface area contributed by atoms with Crippen molar-refractivity contribution in [1.29, 1.82) is 0 Å². The van der Waals surface area contributed by atoms with Crippen LogP contribution in [0.25, 0.3) is 0 Å². The van der Waals surface area contributed by atoms with Crippen LogP contribution in [-0.2, 0) is 31.4 Å². The molecule has 2 aromatic rings. The normalized spacial score (nSPS) is 12.5. The summed E-state index contributed by atoms with van der Waals surface area (Å²) in [4.78, 5) is 12.2. The van der Waals surface area contributed by atoms with Crippen LogP contribution >= 0.6 is 11.6 Å². The van der Waals surface area contributed by atoms with Gasteiger partial charge in [0.15, 0.2) is 0 Å². The van der Waals surface area contributed by atoms with Gasteiger partial charge < -0.3 is 9.15 Å². The second kappa shape index (κ2) is 8.21. The van der Waals surface area contributed by atoms with Gasteiger partial charge in [0.05, 0.1) is 15.5 Å². The lowest BCUT2D eigenvalue weighted by Crippen LogP contribution is -2.22. The second-order valence-electron chi connectivity index (χ2n) is 6.01. The summed E-state index contributed by atoms with van der Waals surface area (Å²) in [6.07, 6.45) is 0. The third-order valence-corrected chi connectivity index (χ3v) is 7.48. The highest BCUT2D eigenvalue weighted by atomic mass is 35.5. The molecule has 0 saturated carbocycles. The van der Waals surface area contributed by atoms with Crippen LogP contribution in [0.5, 0.6) is 0 Å². The first kappa shape index (κ1) is 22.4. The fourth-order valence-electron chi connectivity index (χ4n) is 2.00. The fraction of sp³-hybridized carbons (Fsp3) is 0.312. The quantitative estimate of drug-likeness (QED) is 0.590. The molecule has 28 heavy (non-hydrogen) atoms. The number of carbonyl (C=O) groups is 1. The average molecular weight is 451 g/mol. The Balaban J connectivity index is 2.20. The van der Waals surface area contributed by atoms with Crippen molar-refractivity contribution in [2.75, 3.05) is 28.2 Å². The largest absolute Gasteiger partial charge is 0.454 e. The summed E-state index contributed by atoms with van der Waals surface area (Å²) in [5.41, 5.74) is -0.141. The summed E-state index contributed by atoms with van der Waals surface area (Å²) in [5.74, 6) is -0.781. The number of carbonyl (C=O) groups excluding carboxylic acids is 1. The van der Waals surface area contributed by atoms with Crippen molar-refractivity contribution in [3.05, 3.63) is 46.7 Å². The molecule has 0 radical (unpaired) electrons. The lowest BCUT2D eigenvalue weighted by Gasteiger charge is -2.13. The number of furan rings is 1. The van der Waals surface area contributed by atoms with Crippen LogP contribution < -0.4 is 0 Å². The van der Waals surface area contributed by atoms with Crippen LogP contribution in [0.2, 0.25) is 5.02 Å². The van der Waals surface area contributed by atoms with Crippen molar-refractivity contribution in [2.45, 2.75) is 16.6 Å². The zero-order valence-corrected chi connectivity index (χ0v) is 17.9. The van der Waals surface area contributed by atoms with Crippen LogP contribution in [0.15, 0.2) is 44.7 Å². The number of hydrogen-bond acceptors (Lipinski definition) is 7. The number of rotatable bonds is 7. The predicted octanol–water partition coefficient (Wildman–Crippen LogP) is 1.79. The van der Waals surface area contributed by atoms with Crippen LogP contribution in [0.4, 0.5) is 0 Å². The van der Waals surface area contributed by atoms with Crippen molar-refractivity contribution in [3.63, 3.8) is 0 Å². The number of benzene rings is 1. The Morgan fingerprint density at radius 3 is 2.18 bits per heavy atom. The number of esters is 1. The predicted molar refractivity (Wildman–Crippen MR) is 101 cm³/mol. The van der Waals surface area contributed by atoms with E-state index >= 15 is 0 Å². The fourth-order valence-corrected chi connectivity index (χ4v) is 3.94. The molecule has 0 bridgehead atoms. The van der Waals surface area contributed by atoms with E-state index in [1.807, 2.05) is 0 Å². The smallest absolute Gasteiger partial charge is 0.340 e. The Hall–Kier alpha value is -1.92. The van der Waals surface area contributed by atoms with E-state index < -0.39 is 26.0 Å². The molecule has 0 N–H and O–H groups in total. The SMILES string of the molecule is CN(C)S(=O)(=O)c1ccc(Cl)c(C(=O)OCc2ccc(S(=O)(=O)N(C)C)o2)c1. The first-order valence-electron chi connectivity index (χ1n) is 7.78. The summed E-state index contributed by atoms with van der Waals surface area (Å²) in [7, 11) is -2.08. The number of ether oxygens (including phenoxy) is 1. The third-order valence-electron chi connectivity index (χ3n) is 3.65. The maximum atomic E-state index is 12.3. The van der Waals surface area contributed by atoms with E-state index in [1.54, 1.807) is 0 Å². The highest BCUT2D eigenvalue weighted by Gasteiger charge is 2.23. The van der Waals surface area contributed by atoms with Gasteiger partial charge in [-0.05, 0) is 30.3 Å². The summed E-state index contributed by atoms with van der Waals surface area (Å²) >= 11 is 5.98. The Bertz CT molecular complexity index is 1090. The molecular formula is C16H19ClN2O7S2. The zero-order valence-electron chi connectivity index (χ0n) is 15.5. The molecule has 0 unspecified atom stereocenters. The van der Waals surface area contributed by atoms with Crippen molar-refractivity contribution in [1.82, 2.24) is 8.61 Å². The van der Waals surface area contributed by atoms with Gasteiger partial charge in [-0.3, -0.25) is 0 Å². The molecule has 0 saturated heterocycles. The molecule has 0 aliphatic rings. The highest BCUT2D eigenvalue weighted by molar-refractivity contribution is 7.89. The second-order valence-corrected chi connectivity index (χ2v) is 10.7. The highest BCUT2D eigenvalue weighted by Crippen LogP contribution is 2.24. The van der Waals surface area contributed by atoms with Crippen molar-refractivity contribution in [2.24, 2.45) is 0 Å². The van der Waals surface area contributed by atoms with Crippen LogP contribution in [0.1, 0.15) is 16.1 Å².